The molecule has 128 valence electrons. The van der Waals surface area contributed by atoms with E-state index < -0.39 is 23.9 Å². The van der Waals surface area contributed by atoms with Gasteiger partial charge in [-0.15, -0.1) is 0 Å². The summed E-state index contributed by atoms with van der Waals surface area (Å²) in [5, 5.41) is -0.469. The van der Waals surface area contributed by atoms with Gasteiger partial charge >= 0.3 is 23.9 Å². The van der Waals surface area contributed by atoms with Crippen LogP contribution in [0.5, 0.6) is 0 Å². The van der Waals surface area contributed by atoms with E-state index in [1.165, 1.54) is 0 Å². The number of hydrogen-bond donors (Lipinski definition) is 0. The average Bonchev–Trinajstić information content (AvgIpc) is 2.59. The summed E-state index contributed by atoms with van der Waals surface area (Å²) in [6.45, 7) is 7.22. The predicted octanol–water partition coefficient (Wildman–Crippen LogP) is -0.346. The molecule has 0 radical (unpaired) electrons. The molecule has 0 aliphatic carbocycles. The van der Waals surface area contributed by atoms with Gasteiger partial charge in [0.25, 0.3) is 0 Å². The molecule has 0 unspecified atom stereocenters. The quantitative estimate of drug-likeness (QED) is 0.543. The van der Waals surface area contributed by atoms with Crippen LogP contribution in [0.15, 0.2) is 0 Å². The zero-order valence-electron chi connectivity index (χ0n) is 13.7. The second-order valence-corrected chi connectivity index (χ2v) is 4.42. The summed E-state index contributed by atoms with van der Waals surface area (Å²) in [7, 11) is 4.32. The number of benzene rings is 1. The van der Waals surface area contributed by atoms with Crippen LogP contribution < -0.4 is 10.4 Å². The fraction of sp³-hybridized carbons (Fsp3) is 0.250. The molecule has 0 saturated heterocycles. The van der Waals surface area contributed by atoms with Crippen LogP contribution in [0.25, 0.3) is 13.2 Å². The first-order valence-corrected chi connectivity index (χ1v) is 6.47. The van der Waals surface area contributed by atoms with Gasteiger partial charge in [-0.1, -0.05) is 13.2 Å². The Morgan fingerprint density at radius 3 is 0.833 bits per heavy atom. The molecular weight excluding hydrogens is 320 g/mol. The summed E-state index contributed by atoms with van der Waals surface area (Å²) >= 11 is 0. The Morgan fingerprint density at radius 1 is 0.542 bits per heavy atom. The zero-order valence-corrected chi connectivity index (χ0v) is 13.7. The second kappa shape index (κ2) is 7.40. The van der Waals surface area contributed by atoms with Crippen molar-refractivity contribution in [1.82, 2.24) is 0 Å². The largest absolute Gasteiger partial charge is 0.465 e. The molecule has 1 aromatic carbocycles. The van der Waals surface area contributed by atoms with Gasteiger partial charge in [0, 0.05) is 0 Å². The maximum atomic E-state index is 12.1. The molecule has 0 amide bonds. The molecule has 0 fully saturated rings. The van der Waals surface area contributed by atoms with E-state index in [-0.39, 0.29) is 32.7 Å². The second-order valence-electron chi connectivity index (χ2n) is 4.42. The fourth-order valence-corrected chi connectivity index (χ4v) is 2.16. The van der Waals surface area contributed by atoms with E-state index in [0.29, 0.717) is 0 Å². The summed E-state index contributed by atoms with van der Waals surface area (Å²) in [5.74, 6) is -3.81. The van der Waals surface area contributed by atoms with Crippen molar-refractivity contribution < 1.29 is 38.1 Å². The first-order valence-electron chi connectivity index (χ1n) is 6.47. The molecule has 0 bridgehead atoms. The number of rotatable bonds is 4. The number of ether oxygens (including phenoxy) is 4. The number of carbonyl (C=O) groups is 4. The van der Waals surface area contributed by atoms with E-state index in [9.17, 15) is 19.2 Å². The van der Waals surface area contributed by atoms with Crippen molar-refractivity contribution in [3.63, 3.8) is 0 Å². The van der Waals surface area contributed by atoms with Crippen molar-refractivity contribution in [2.75, 3.05) is 28.4 Å². The van der Waals surface area contributed by atoms with E-state index in [4.69, 9.17) is 0 Å². The molecule has 0 heterocycles. The Balaban J connectivity index is 4.18. The van der Waals surface area contributed by atoms with Gasteiger partial charge in [-0.25, -0.2) is 19.2 Å². The highest BCUT2D eigenvalue weighted by molar-refractivity contribution is 6.10. The van der Waals surface area contributed by atoms with Crippen LogP contribution in [0.1, 0.15) is 41.4 Å². The maximum Gasteiger partial charge on any atom is 0.339 e. The minimum absolute atomic E-state index is 0.234. The van der Waals surface area contributed by atoms with Gasteiger partial charge in [0.2, 0.25) is 0 Å². The molecule has 8 heteroatoms. The van der Waals surface area contributed by atoms with Gasteiger partial charge in [-0.3, -0.25) is 0 Å². The molecule has 0 aromatic heterocycles. The summed E-state index contributed by atoms with van der Waals surface area (Å²) in [6.07, 6.45) is 0. The topological polar surface area (TPSA) is 105 Å². The zero-order chi connectivity index (χ0) is 18.6. The lowest BCUT2D eigenvalue weighted by atomic mass is 9.93. The lowest BCUT2D eigenvalue weighted by molar-refractivity contribution is 0.0535. The molecule has 0 saturated carbocycles. The van der Waals surface area contributed by atoms with E-state index in [0.717, 1.165) is 28.4 Å². The Hall–Kier alpha value is -3.16. The normalized spacial score (nSPS) is 9.83. The molecule has 1 aromatic rings. The molecule has 0 aliphatic rings. The Bertz CT molecular complexity index is 689. The van der Waals surface area contributed by atoms with Crippen LogP contribution >= 0.6 is 0 Å². The predicted molar refractivity (Wildman–Crippen MR) is 82.1 cm³/mol. The number of carbonyl (C=O) groups excluding carboxylic acids is 4. The molecule has 1 rings (SSSR count). The molecule has 0 spiro atoms. The van der Waals surface area contributed by atoms with Crippen LogP contribution in [-0.4, -0.2) is 52.3 Å². The first-order chi connectivity index (χ1) is 11.3. The standard InChI is InChI=1S/C16H16O8/c1-7-9(13(17)21-3)11(15(19)23-5)8(2)12(16(20)24-6)10(7)14(18)22-4/h1-2H2,3-6H3. The Kier molecular flexibility index (Phi) is 5.83. The molecule has 0 N–H and O–H groups in total. The first kappa shape index (κ1) is 18.9. The average molecular weight is 336 g/mol. The lowest BCUT2D eigenvalue weighted by Gasteiger charge is -2.14. The van der Waals surface area contributed by atoms with E-state index in [2.05, 4.69) is 32.1 Å². The third kappa shape index (κ3) is 2.98. The smallest absolute Gasteiger partial charge is 0.339 e. The van der Waals surface area contributed by atoms with Crippen molar-refractivity contribution in [3.8, 4) is 0 Å². The van der Waals surface area contributed by atoms with Crippen molar-refractivity contribution in [2.45, 2.75) is 0 Å². The Labute approximate surface area is 137 Å². The van der Waals surface area contributed by atoms with Crippen LogP contribution in [0.2, 0.25) is 0 Å². The van der Waals surface area contributed by atoms with Crippen molar-refractivity contribution in [2.24, 2.45) is 0 Å². The highest BCUT2D eigenvalue weighted by Gasteiger charge is 2.31. The van der Waals surface area contributed by atoms with Crippen molar-refractivity contribution in [1.29, 1.82) is 0 Å². The highest BCUT2D eigenvalue weighted by Crippen LogP contribution is 2.11. The van der Waals surface area contributed by atoms with E-state index >= 15 is 0 Å². The third-order valence-corrected chi connectivity index (χ3v) is 3.27. The third-order valence-electron chi connectivity index (χ3n) is 3.27. The number of methoxy groups -OCH3 is 4. The van der Waals surface area contributed by atoms with Crippen molar-refractivity contribution in [3.05, 3.63) is 32.7 Å². The monoisotopic (exact) mass is 336 g/mol. The van der Waals surface area contributed by atoms with Gasteiger partial charge < -0.3 is 18.9 Å². The summed E-state index contributed by atoms with van der Waals surface area (Å²) in [6, 6.07) is 0. The van der Waals surface area contributed by atoms with Crippen LogP contribution in [0.3, 0.4) is 0 Å². The SMILES string of the molecule is C=c1c(C(=O)OC)c(C(=O)OC)c(=C)c(C(=O)OC)c1C(=O)OC. The van der Waals surface area contributed by atoms with E-state index in [1.54, 1.807) is 0 Å². The van der Waals surface area contributed by atoms with Gasteiger partial charge in [-0.2, -0.15) is 0 Å². The van der Waals surface area contributed by atoms with Crippen molar-refractivity contribution >= 4 is 37.0 Å². The molecule has 8 nitrogen and oxygen atoms in total. The Morgan fingerprint density at radius 2 is 0.708 bits per heavy atom. The van der Waals surface area contributed by atoms with Crippen LogP contribution in [0.4, 0.5) is 0 Å². The molecular formula is C16H16O8. The molecule has 0 aliphatic heterocycles. The molecule has 24 heavy (non-hydrogen) atoms. The molecule has 0 atom stereocenters. The number of esters is 4. The fourth-order valence-electron chi connectivity index (χ4n) is 2.16. The van der Waals surface area contributed by atoms with Crippen LogP contribution in [-0.2, 0) is 18.9 Å². The van der Waals surface area contributed by atoms with E-state index in [1.807, 2.05) is 0 Å². The van der Waals surface area contributed by atoms with Gasteiger partial charge in [0.15, 0.2) is 0 Å². The summed E-state index contributed by atoms with van der Waals surface area (Å²) < 4.78 is 18.5. The lowest BCUT2D eigenvalue weighted by Crippen LogP contribution is -2.38. The maximum absolute atomic E-state index is 12.1. The number of hydrogen-bond acceptors (Lipinski definition) is 8. The minimum Gasteiger partial charge on any atom is -0.465 e. The van der Waals surface area contributed by atoms with Gasteiger partial charge in [0.05, 0.1) is 50.7 Å². The highest BCUT2D eigenvalue weighted by atomic mass is 16.5. The summed E-state index contributed by atoms with van der Waals surface area (Å²) in [4.78, 5) is 48.3. The minimum atomic E-state index is -0.952. The van der Waals surface area contributed by atoms with Crippen LogP contribution in [0, 0.1) is 0 Å². The summed E-state index contributed by atoms with van der Waals surface area (Å²) in [5.41, 5.74) is -1.38. The van der Waals surface area contributed by atoms with Gasteiger partial charge in [-0.05, 0) is 10.4 Å². The van der Waals surface area contributed by atoms with Gasteiger partial charge in [0.1, 0.15) is 0 Å².